The first kappa shape index (κ1) is 25.5. The molecule has 3 aromatic carbocycles. The Hall–Kier alpha value is -4.11. The summed E-state index contributed by atoms with van der Waals surface area (Å²) in [6.07, 6.45) is 0. The van der Waals surface area contributed by atoms with E-state index in [2.05, 4.69) is 9.88 Å². The predicted octanol–water partition coefficient (Wildman–Crippen LogP) is 4.70. The summed E-state index contributed by atoms with van der Waals surface area (Å²) in [5.41, 5.74) is 3.11. The largest absolute Gasteiger partial charge is 0.497 e. The van der Waals surface area contributed by atoms with E-state index in [1.54, 1.807) is 37.3 Å². The molecule has 196 valence electrons. The number of hydrogen-bond acceptors (Lipinski definition) is 6. The number of nitrogens with zero attached hydrogens (tertiary/aromatic N) is 2. The van der Waals surface area contributed by atoms with Crippen LogP contribution in [0.5, 0.6) is 17.2 Å². The Bertz CT molecular complexity index is 1520. The summed E-state index contributed by atoms with van der Waals surface area (Å²) in [6, 6.07) is 19.8. The van der Waals surface area contributed by atoms with E-state index in [-0.39, 0.29) is 24.1 Å². The van der Waals surface area contributed by atoms with Crippen LogP contribution in [-0.2, 0) is 23.2 Å². The second kappa shape index (κ2) is 10.7. The number of anilines is 1. The van der Waals surface area contributed by atoms with Crippen molar-refractivity contribution in [2.24, 2.45) is 7.05 Å². The maximum Gasteiger partial charge on any atom is 0.248 e. The number of amides is 2. The summed E-state index contributed by atoms with van der Waals surface area (Å²) in [4.78, 5) is 29.5. The van der Waals surface area contributed by atoms with E-state index < -0.39 is 6.04 Å². The number of carbonyl (C=O) groups is 2. The van der Waals surface area contributed by atoms with Crippen LogP contribution in [0.3, 0.4) is 0 Å². The van der Waals surface area contributed by atoms with Crippen molar-refractivity contribution in [1.82, 2.24) is 9.88 Å². The van der Waals surface area contributed by atoms with Crippen LogP contribution in [0, 0.1) is 0 Å². The number of benzene rings is 3. The summed E-state index contributed by atoms with van der Waals surface area (Å²) >= 11 is 1.44. The highest BCUT2D eigenvalue weighted by Gasteiger charge is 2.40. The molecule has 38 heavy (non-hydrogen) atoms. The number of para-hydroxylation sites is 2. The van der Waals surface area contributed by atoms with E-state index in [9.17, 15) is 9.59 Å². The fraction of sp³-hybridized carbons (Fsp3) is 0.241. The molecule has 1 N–H and O–H groups in total. The van der Waals surface area contributed by atoms with Crippen LogP contribution in [0.2, 0.25) is 0 Å². The Morgan fingerprint density at radius 3 is 2.47 bits per heavy atom. The molecule has 5 rings (SSSR count). The minimum atomic E-state index is -0.935. The highest BCUT2D eigenvalue weighted by Crippen LogP contribution is 2.45. The topological polar surface area (TPSA) is 82.0 Å². The molecule has 1 atom stereocenters. The SMILES string of the molecule is COc1ccc(N2C(=O)CSc3c(c4ccccc4n3C)C2C(=O)NCc2ccccc2OC)c(OC)c1. The van der Waals surface area contributed by atoms with Gasteiger partial charge in [0.05, 0.1) is 37.8 Å². The van der Waals surface area contributed by atoms with E-state index >= 15 is 0 Å². The lowest BCUT2D eigenvalue weighted by molar-refractivity contribution is -0.125. The van der Waals surface area contributed by atoms with E-state index in [1.807, 2.05) is 55.6 Å². The highest BCUT2D eigenvalue weighted by molar-refractivity contribution is 8.00. The van der Waals surface area contributed by atoms with Crippen molar-refractivity contribution in [2.45, 2.75) is 17.6 Å². The lowest BCUT2D eigenvalue weighted by atomic mass is 10.0. The fourth-order valence-electron chi connectivity index (χ4n) is 4.94. The first-order chi connectivity index (χ1) is 18.5. The number of fused-ring (bicyclic) bond motifs is 3. The maximum atomic E-state index is 14.2. The molecule has 9 heteroatoms. The zero-order valence-corrected chi connectivity index (χ0v) is 22.5. The second-order valence-corrected chi connectivity index (χ2v) is 9.78. The van der Waals surface area contributed by atoms with E-state index in [0.717, 1.165) is 27.1 Å². The number of rotatable bonds is 7. The zero-order valence-electron chi connectivity index (χ0n) is 21.7. The lowest BCUT2D eigenvalue weighted by Gasteiger charge is -2.31. The van der Waals surface area contributed by atoms with Crippen molar-refractivity contribution >= 4 is 40.2 Å². The van der Waals surface area contributed by atoms with Gasteiger partial charge in [-0.3, -0.25) is 14.5 Å². The number of methoxy groups -OCH3 is 3. The Labute approximate surface area is 225 Å². The van der Waals surface area contributed by atoms with Crippen molar-refractivity contribution in [1.29, 1.82) is 0 Å². The van der Waals surface area contributed by atoms with Crippen LogP contribution >= 0.6 is 11.8 Å². The average Bonchev–Trinajstić information content (AvgIpc) is 3.13. The van der Waals surface area contributed by atoms with E-state index in [1.165, 1.54) is 18.9 Å². The van der Waals surface area contributed by atoms with Crippen molar-refractivity contribution in [2.75, 3.05) is 32.0 Å². The normalized spacial score (nSPS) is 15.1. The molecule has 0 saturated heterocycles. The molecular formula is C29H29N3O5S. The van der Waals surface area contributed by atoms with Gasteiger partial charge < -0.3 is 24.1 Å². The third-order valence-electron chi connectivity index (χ3n) is 6.76. The minimum Gasteiger partial charge on any atom is -0.497 e. The molecular weight excluding hydrogens is 502 g/mol. The fourth-order valence-corrected chi connectivity index (χ4v) is 6.01. The molecule has 1 aromatic heterocycles. The van der Waals surface area contributed by atoms with Crippen LogP contribution in [0.4, 0.5) is 5.69 Å². The van der Waals surface area contributed by atoms with Crippen molar-refractivity contribution in [3.63, 3.8) is 0 Å². The van der Waals surface area contributed by atoms with Crippen LogP contribution in [-0.4, -0.2) is 43.5 Å². The monoisotopic (exact) mass is 531 g/mol. The number of aromatic nitrogens is 1. The summed E-state index contributed by atoms with van der Waals surface area (Å²) in [6.45, 7) is 0.244. The van der Waals surface area contributed by atoms with Crippen LogP contribution in [0.15, 0.2) is 71.8 Å². The second-order valence-electron chi connectivity index (χ2n) is 8.82. The lowest BCUT2D eigenvalue weighted by Crippen LogP contribution is -2.44. The smallest absolute Gasteiger partial charge is 0.248 e. The van der Waals surface area contributed by atoms with Gasteiger partial charge in [-0.25, -0.2) is 0 Å². The van der Waals surface area contributed by atoms with Crippen LogP contribution < -0.4 is 24.4 Å². The quantitative estimate of drug-likeness (QED) is 0.372. The summed E-state index contributed by atoms with van der Waals surface area (Å²) in [5, 5.41) is 4.87. The Balaban J connectivity index is 1.67. The number of nitrogens with one attached hydrogen (secondary N) is 1. The van der Waals surface area contributed by atoms with Gasteiger partial charge in [-0.2, -0.15) is 0 Å². The average molecular weight is 532 g/mol. The Morgan fingerprint density at radius 2 is 1.71 bits per heavy atom. The van der Waals surface area contributed by atoms with Gasteiger partial charge in [0.1, 0.15) is 23.3 Å². The van der Waals surface area contributed by atoms with Crippen LogP contribution in [0.1, 0.15) is 17.2 Å². The van der Waals surface area contributed by atoms with Crippen molar-refractivity contribution in [3.8, 4) is 17.2 Å². The molecule has 0 bridgehead atoms. The van der Waals surface area contributed by atoms with Gasteiger partial charge in [0.25, 0.3) is 0 Å². The molecule has 1 aliphatic heterocycles. The number of aryl methyl sites for hydroxylation is 1. The summed E-state index contributed by atoms with van der Waals surface area (Å²) < 4.78 is 18.6. The molecule has 2 heterocycles. The van der Waals surface area contributed by atoms with Gasteiger partial charge in [-0.05, 0) is 24.3 Å². The number of ether oxygens (including phenoxy) is 3. The van der Waals surface area contributed by atoms with Crippen molar-refractivity contribution < 1.29 is 23.8 Å². The first-order valence-corrected chi connectivity index (χ1v) is 13.1. The number of hydrogen-bond donors (Lipinski definition) is 1. The third kappa shape index (κ3) is 4.43. The van der Waals surface area contributed by atoms with Gasteiger partial charge in [0.15, 0.2) is 0 Å². The molecule has 1 unspecified atom stereocenters. The third-order valence-corrected chi connectivity index (χ3v) is 7.92. The molecule has 4 aromatic rings. The van der Waals surface area contributed by atoms with Gasteiger partial charge in [-0.15, -0.1) is 0 Å². The first-order valence-electron chi connectivity index (χ1n) is 12.1. The maximum absolute atomic E-state index is 14.2. The highest BCUT2D eigenvalue weighted by atomic mass is 32.2. The molecule has 0 aliphatic carbocycles. The molecule has 0 fully saturated rings. The van der Waals surface area contributed by atoms with Crippen molar-refractivity contribution in [3.05, 3.63) is 77.9 Å². The molecule has 8 nitrogen and oxygen atoms in total. The minimum absolute atomic E-state index is 0.169. The van der Waals surface area contributed by atoms with Gasteiger partial charge in [0.2, 0.25) is 11.8 Å². The van der Waals surface area contributed by atoms with E-state index in [4.69, 9.17) is 14.2 Å². The Morgan fingerprint density at radius 1 is 0.974 bits per heavy atom. The summed E-state index contributed by atoms with van der Waals surface area (Å²) in [7, 11) is 6.67. The standard InChI is InChI=1S/C29H29N3O5S/c1-31-21-11-7-6-10-20(21)26-27(28(34)30-16-18-9-5-8-12-23(18)36-3)32(25(33)17-38-29(26)31)22-14-13-19(35-2)15-24(22)37-4/h5-15,27H,16-17H2,1-4H3,(H,30,34). The molecule has 2 amide bonds. The molecule has 1 aliphatic rings. The van der Waals surface area contributed by atoms with Gasteiger partial charge >= 0.3 is 0 Å². The molecule has 0 saturated carbocycles. The number of thioether (sulfide) groups is 1. The van der Waals surface area contributed by atoms with E-state index in [0.29, 0.717) is 22.9 Å². The molecule has 0 spiro atoms. The number of carbonyl (C=O) groups excluding carboxylic acids is 2. The molecule has 0 radical (unpaired) electrons. The van der Waals surface area contributed by atoms with Gasteiger partial charge in [0, 0.05) is 41.7 Å². The Kier molecular flexibility index (Phi) is 7.20. The predicted molar refractivity (Wildman–Crippen MR) is 148 cm³/mol. The summed E-state index contributed by atoms with van der Waals surface area (Å²) in [5.74, 6) is 1.38. The van der Waals surface area contributed by atoms with Crippen LogP contribution in [0.25, 0.3) is 10.9 Å². The zero-order chi connectivity index (χ0) is 26.8. The van der Waals surface area contributed by atoms with Gasteiger partial charge in [-0.1, -0.05) is 48.2 Å².